The van der Waals surface area contributed by atoms with Crippen LogP contribution in [-0.4, -0.2) is 27.8 Å². The van der Waals surface area contributed by atoms with Crippen molar-refractivity contribution in [1.82, 2.24) is 15.0 Å². The quantitative estimate of drug-likeness (QED) is 0.617. The molecule has 3 rings (SSSR count). The van der Waals surface area contributed by atoms with Crippen molar-refractivity contribution in [3.63, 3.8) is 0 Å². The molecule has 0 amide bonds. The van der Waals surface area contributed by atoms with Crippen molar-refractivity contribution in [3.8, 4) is 28.4 Å². The monoisotopic (exact) mass is 389 g/mol. The third-order valence-corrected chi connectivity index (χ3v) is 3.99. The second-order valence-corrected chi connectivity index (χ2v) is 6.98. The highest BCUT2D eigenvalue weighted by Gasteiger charge is 2.33. The van der Waals surface area contributed by atoms with Crippen LogP contribution in [0.4, 0.5) is 13.2 Å². The molecule has 0 fully saturated rings. The second kappa shape index (κ2) is 7.46. The summed E-state index contributed by atoms with van der Waals surface area (Å²) in [6.07, 6.45) is -1.35. The number of aromatic nitrogens is 3. The number of carbonyl (C=O) groups is 1. The normalized spacial score (nSPS) is 12.0. The molecule has 2 heterocycles. The van der Waals surface area contributed by atoms with Crippen LogP contribution in [0, 0.1) is 5.41 Å². The van der Waals surface area contributed by atoms with E-state index in [9.17, 15) is 18.0 Å². The van der Waals surface area contributed by atoms with E-state index in [0.29, 0.717) is 17.0 Å². The minimum Gasteiger partial charge on any atom is -0.493 e. The molecule has 8 heteroatoms. The number of rotatable bonds is 6. The van der Waals surface area contributed by atoms with Gasteiger partial charge in [0.2, 0.25) is 0 Å². The van der Waals surface area contributed by atoms with E-state index in [2.05, 4.69) is 15.0 Å². The van der Waals surface area contributed by atoms with Gasteiger partial charge in [-0.2, -0.15) is 13.2 Å². The van der Waals surface area contributed by atoms with Crippen molar-refractivity contribution in [1.29, 1.82) is 0 Å². The summed E-state index contributed by atoms with van der Waals surface area (Å²) in [5.74, 6) is 0.735. The molecule has 3 aromatic rings. The zero-order chi connectivity index (χ0) is 20.4. The van der Waals surface area contributed by atoms with Crippen LogP contribution in [0.2, 0.25) is 0 Å². The summed E-state index contributed by atoms with van der Waals surface area (Å²) in [5.41, 5.74) is 0.402. The van der Waals surface area contributed by atoms with Crippen molar-refractivity contribution >= 4 is 6.29 Å². The lowest BCUT2D eigenvalue weighted by atomic mass is 9.98. The van der Waals surface area contributed by atoms with Gasteiger partial charge in [-0.05, 0) is 50.2 Å². The molecule has 0 aliphatic heterocycles. The molecule has 28 heavy (non-hydrogen) atoms. The highest BCUT2D eigenvalue weighted by Crippen LogP contribution is 2.30. The summed E-state index contributed by atoms with van der Waals surface area (Å²) in [6.45, 7) is 3.85. The fourth-order valence-corrected chi connectivity index (χ4v) is 2.34. The number of ether oxygens (including phenoxy) is 1. The van der Waals surface area contributed by atoms with Gasteiger partial charge in [0.1, 0.15) is 17.9 Å². The van der Waals surface area contributed by atoms with Crippen LogP contribution < -0.4 is 4.74 Å². The number of imidazole rings is 1. The molecule has 1 aromatic carbocycles. The van der Waals surface area contributed by atoms with Crippen LogP contribution in [0.15, 0.2) is 48.8 Å². The number of nitrogens with one attached hydrogen (secondary N) is 1. The molecule has 0 spiro atoms. The molecule has 0 unspecified atom stereocenters. The Bertz CT molecular complexity index is 946. The minimum atomic E-state index is -4.49. The summed E-state index contributed by atoms with van der Waals surface area (Å²) in [4.78, 5) is 21.3. The van der Waals surface area contributed by atoms with Crippen molar-refractivity contribution in [3.05, 3.63) is 54.5 Å². The summed E-state index contributed by atoms with van der Waals surface area (Å²) in [6, 6.07) is 10.5. The number of aldehydes is 1. The molecule has 146 valence electrons. The maximum Gasteiger partial charge on any atom is 0.434 e. The zero-order valence-electron chi connectivity index (χ0n) is 15.2. The number of hydrogen-bond acceptors (Lipinski definition) is 4. The number of H-pyrrole nitrogens is 1. The van der Waals surface area contributed by atoms with Gasteiger partial charge in [-0.25, -0.2) is 4.98 Å². The van der Waals surface area contributed by atoms with E-state index in [1.54, 1.807) is 38.1 Å². The molecule has 1 N–H and O–H groups in total. The molecule has 0 radical (unpaired) electrons. The number of hydrogen-bond donors (Lipinski definition) is 1. The van der Waals surface area contributed by atoms with E-state index in [1.807, 2.05) is 12.1 Å². The van der Waals surface area contributed by atoms with Gasteiger partial charge in [0.25, 0.3) is 0 Å². The largest absolute Gasteiger partial charge is 0.493 e. The lowest BCUT2D eigenvalue weighted by molar-refractivity contribution is -0.140. The van der Waals surface area contributed by atoms with E-state index in [-0.39, 0.29) is 12.4 Å². The van der Waals surface area contributed by atoms with Crippen LogP contribution in [0.5, 0.6) is 5.75 Å². The standard InChI is InChI=1S/C20H18F3N3O2/c1-19(2,11-27)12-28-15-6-3-13(4-7-15)16-8-5-14(9-24-16)18-25-10-17(26-18)20(21,22)23/h3-11H,12H2,1-2H3,(H,25,26). The van der Waals surface area contributed by atoms with E-state index < -0.39 is 17.3 Å². The number of aromatic amines is 1. The fourth-order valence-electron chi connectivity index (χ4n) is 2.34. The van der Waals surface area contributed by atoms with Gasteiger partial charge in [-0.15, -0.1) is 0 Å². The Morgan fingerprint density at radius 3 is 2.29 bits per heavy atom. The molecule has 0 saturated heterocycles. The van der Waals surface area contributed by atoms with Gasteiger partial charge in [0.15, 0.2) is 5.69 Å². The Balaban J connectivity index is 1.71. The van der Waals surface area contributed by atoms with E-state index in [1.165, 1.54) is 6.20 Å². The smallest absolute Gasteiger partial charge is 0.434 e. The molecule has 0 atom stereocenters. The number of pyridine rings is 1. The van der Waals surface area contributed by atoms with Crippen LogP contribution in [0.25, 0.3) is 22.6 Å². The average molecular weight is 389 g/mol. The second-order valence-electron chi connectivity index (χ2n) is 6.98. The van der Waals surface area contributed by atoms with Crippen LogP contribution >= 0.6 is 0 Å². The van der Waals surface area contributed by atoms with Crippen molar-refractivity contribution in [2.75, 3.05) is 6.61 Å². The summed E-state index contributed by atoms with van der Waals surface area (Å²) < 4.78 is 43.6. The Kier molecular flexibility index (Phi) is 5.22. The van der Waals surface area contributed by atoms with Gasteiger partial charge in [0.05, 0.1) is 17.7 Å². The fraction of sp³-hybridized carbons (Fsp3) is 0.250. The molecule has 2 aromatic heterocycles. The van der Waals surface area contributed by atoms with E-state index >= 15 is 0 Å². The summed E-state index contributed by atoms with van der Waals surface area (Å²) in [5, 5.41) is 0. The first-order valence-corrected chi connectivity index (χ1v) is 8.46. The number of halogens is 3. The predicted molar refractivity (Wildman–Crippen MR) is 97.6 cm³/mol. The Labute approximate surface area is 159 Å². The van der Waals surface area contributed by atoms with Gasteiger partial charge < -0.3 is 14.5 Å². The predicted octanol–water partition coefficient (Wildman–Crippen LogP) is 4.76. The van der Waals surface area contributed by atoms with Crippen molar-refractivity contribution in [2.45, 2.75) is 20.0 Å². The maximum absolute atomic E-state index is 12.6. The Morgan fingerprint density at radius 2 is 1.75 bits per heavy atom. The summed E-state index contributed by atoms with van der Waals surface area (Å²) >= 11 is 0. The molecule has 0 bridgehead atoms. The molecular weight excluding hydrogens is 371 g/mol. The van der Waals surface area contributed by atoms with Gasteiger partial charge in [-0.3, -0.25) is 4.98 Å². The molecule has 5 nitrogen and oxygen atoms in total. The first kappa shape index (κ1) is 19.6. The first-order chi connectivity index (χ1) is 13.2. The van der Waals surface area contributed by atoms with Crippen molar-refractivity contribution < 1.29 is 22.7 Å². The van der Waals surface area contributed by atoms with Crippen LogP contribution in [0.3, 0.4) is 0 Å². The third-order valence-electron chi connectivity index (χ3n) is 3.99. The van der Waals surface area contributed by atoms with Crippen molar-refractivity contribution in [2.24, 2.45) is 5.41 Å². The van der Waals surface area contributed by atoms with E-state index in [4.69, 9.17) is 4.74 Å². The number of carbonyl (C=O) groups excluding carboxylic acids is 1. The lowest BCUT2D eigenvalue weighted by Crippen LogP contribution is -2.22. The minimum absolute atomic E-state index is 0.105. The van der Waals surface area contributed by atoms with Gasteiger partial charge in [-0.1, -0.05) is 0 Å². The maximum atomic E-state index is 12.6. The highest BCUT2D eigenvalue weighted by atomic mass is 19.4. The zero-order valence-corrected chi connectivity index (χ0v) is 15.2. The molecule has 0 aliphatic carbocycles. The number of benzene rings is 1. The Morgan fingerprint density at radius 1 is 1.07 bits per heavy atom. The summed E-state index contributed by atoms with van der Waals surface area (Å²) in [7, 11) is 0. The Hall–Kier alpha value is -3.16. The van der Waals surface area contributed by atoms with Crippen LogP contribution in [-0.2, 0) is 11.0 Å². The number of nitrogens with zero attached hydrogens (tertiary/aromatic N) is 2. The molecular formula is C20H18F3N3O2. The van der Waals surface area contributed by atoms with Gasteiger partial charge in [0, 0.05) is 23.5 Å². The highest BCUT2D eigenvalue weighted by molar-refractivity contribution is 5.64. The van der Waals surface area contributed by atoms with Gasteiger partial charge >= 0.3 is 6.18 Å². The average Bonchev–Trinajstić information content (AvgIpc) is 3.18. The SMILES string of the molecule is CC(C)(C=O)COc1ccc(-c2ccc(-c3nc(C(F)(F)F)c[nH]3)cn2)cc1. The first-order valence-electron chi connectivity index (χ1n) is 8.46. The molecule has 0 saturated carbocycles. The third kappa shape index (κ3) is 4.57. The topological polar surface area (TPSA) is 67.9 Å². The molecule has 0 aliphatic rings. The number of alkyl halides is 3. The lowest BCUT2D eigenvalue weighted by Gasteiger charge is -2.17. The van der Waals surface area contributed by atoms with Crippen LogP contribution in [0.1, 0.15) is 19.5 Å². The van der Waals surface area contributed by atoms with E-state index in [0.717, 1.165) is 18.0 Å².